The number of likely N-dealkylation sites (tertiary alicyclic amines) is 1. The SMILES string of the molecule is CC(C)(C)C[C@@H](NC(=O)N1CCCC2(C1)OCCO2)C(F)(F)F. The Morgan fingerprint density at radius 3 is 2.39 bits per heavy atom. The number of nitrogens with one attached hydrogen (secondary N) is 1. The average Bonchev–Trinajstić information content (AvgIpc) is 2.83. The smallest absolute Gasteiger partial charge is 0.346 e. The Morgan fingerprint density at radius 2 is 1.87 bits per heavy atom. The maximum absolute atomic E-state index is 13.2. The number of piperidine rings is 1. The van der Waals surface area contributed by atoms with E-state index in [1.54, 1.807) is 20.8 Å². The molecule has 0 aromatic heterocycles. The molecule has 2 amide bonds. The number of halogens is 3. The minimum atomic E-state index is -4.48. The van der Waals surface area contributed by atoms with Crippen molar-refractivity contribution in [3.05, 3.63) is 0 Å². The Balaban J connectivity index is 2.00. The number of nitrogens with zero attached hydrogens (tertiary/aromatic N) is 1. The molecule has 2 rings (SSSR count). The van der Waals surface area contributed by atoms with E-state index >= 15 is 0 Å². The second-order valence-corrected chi connectivity index (χ2v) is 7.44. The summed E-state index contributed by atoms with van der Waals surface area (Å²) in [4.78, 5) is 13.6. The molecule has 0 aliphatic carbocycles. The highest BCUT2D eigenvalue weighted by Gasteiger charge is 2.46. The molecule has 134 valence electrons. The molecule has 1 N–H and O–H groups in total. The third kappa shape index (κ3) is 4.97. The summed E-state index contributed by atoms with van der Waals surface area (Å²) < 4.78 is 50.7. The largest absolute Gasteiger partial charge is 0.408 e. The zero-order chi connectivity index (χ0) is 17.3. The van der Waals surface area contributed by atoms with E-state index in [1.165, 1.54) is 4.90 Å². The normalized spacial score (nSPS) is 23.1. The van der Waals surface area contributed by atoms with Crippen LogP contribution in [0.3, 0.4) is 0 Å². The van der Waals surface area contributed by atoms with Crippen LogP contribution in [-0.2, 0) is 9.47 Å². The molecule has 0 bridgehead atoms. The van der Waals surface area contributed by atoms with E-state index in [4.69, 9.17) is 9.47 Å². The van der Waals surface area contributed by atoms with E-state index in [2.05, 4.69) is 5.32 Å². The van der Waals surface area contributed by atoms with Crippen LogP contribution in [0.2, 0.25) is 0 Å². The van der Waals surface area contributed by atoms with E-state index in [-0.39, 0.29) is 13.0 Å². The van der Waals surface area contributed by atoms with Crippen LogP contribution in [0.4, 0.5) is 18.0 Å². The van der Waals surface area contributed by atoms with Gasteiger partial charge in [0.2, 0.25) is 0 Å². The predicted molar refractivity (Wildman–Crippen MR) is 77.9 cm³/mol. The van der Waals surface area contributed by atoms with E-state index < -0.39 is 29.5 Å². The fourth-order valence-electron chi connectivity index (χ4n) is 3.00. The van der Waals surface area contributed by atoms with Crippen LogP contribution in [0.25, 0.3) is 0 Å². The number of carbonyl (C=O) groups excluding carboxylic acids is 1. The van der Waals surface area contributed by atoms with Crippen LogP contribution in [0.15, 0.2) is 0 Å². The Labute approximate surface area is 134 Å². The van der Waals surface area contributed by atoms with Crippen molar-refractivity contribution in [1.82, 2.24) is 10.2 Å². The first-order valence-electron chi connectivity index (χ1n) is 7.91. The number of amides is 2. The lowest BCUT2D eigenvalue weighted by Crippen LogP contribution is -2.57. The minimum absolute atomic E-state index is 0.166. The number of alkyl halides is 3. The molecule has 2 heterocycles. The lowest BCUT2D eigenvalue weighted by molar-refractivity contribution is -0.184. The third-order valence-corrected chi connectivity index (χ3v) is 4.03. The first-order chi connectivity index (χ1) is 10.5. The van der Waals surface area contributed by atoms with E-state index in [0.717, 1.165) is 0 Å². The van der Waals surface area contributed by atoms with Crippen LogP contribution in [-0.4, -0.2) is 55.2 Å². The second-order valence-electron chi connectivity index (χ2n) is 7.44. The molecule has 0 unspecified atom stereocenters. The topological polar surface area (TPSA) is 50.8 Å². The van der Waals surface area contributed by atoms with Gasteiger partial charge in [0.1, 0.15) is 6.04 Å². The van der Waals surface area contributed by atoms with Crippen molar-refractivity contribution >= 4 is 6.03 Å². The van der Waals surface area contributed by atoms with Crippen molar-refractivity contribution in [3.8, 4) is 0 Å². The van der Waals surface area contributed by atoms with Gasteiger partial charge in [-0.1, -0.05) is 20.8 Å². The van der Waals surface area contributed by atoms with Crippen LogP contribution in [0.5, 0.6) is 0 Å². The van der Waals surface area contributed by atoms with Crippen molar-refractivity contribution in [3.63, 3.8) is 0 Å². The molecule has 8 heteroatoms. The molecule has 0 saturated carbocycles. The molecule has 0 aromatic carbocycles. The first kappa shape index (κ1) is 18.3. The monoisotopic (exact) mass is 338 g/mol. The van der Waals surface area contributed by atoms with Gasteiger partial charge in [0.05, 0.1) is 19.8 Å². The molecule has 0 radical (unpaired) electrons. The Morgan fingerprint density at radius 1 is 1.26 bits per heavy atom. The van der Waals surface area contributed by atoms with Gasteiger partial charge in [0, 0.05) is 13.0 Å². The Kier molecular flexibility index (Phi) is 5.15. The van der Waals surface area contributed by atoms with Crippen molar-refractivity contribution in [1.29, 1.82) is 0 Å². The van der Waals surface area contributed by atoms with Gasteiger partial charge in [-0.3, -0.25) is 0 Å². The van der Waals surface area contributed by atoms with Gasteiger partial charge >= 0.3 is 12.2 Å². The maximum Gasteiger partial charge on any atom is 0.408 e. The van der Waals surface area contributed by atoms with Crippen LogP contribution < -0.4 is 5.32 Å². The highest BCUT2D eigenvalue weighted by Crippen LogP contribution is 2.32. The molecule has 2 aliphatic rings. The molecule has 2 saturated heterocycles. The van der Waals surface area contributed by atoms with Gasteiger partial charge in [-0.25, -0.2) is 4.79 Å². The number of urea groups is 1. The number of carbonyl (C=O) groups is 1. The Bertz CT molecular complexity index is 429. The lowest BCUT2D eigenvalue weighted by atomic mass is 9.88. The van der Waals surface area contributed by atoms with Crippen molar-refractivity contribution < 1.29 is 27.4 Å². The van der Waals surface area contributed by atoms with Crippen molar-refractivity contribution in [2.75, 3.05) is 26.3 Å². The quantitative estimate of drug-likeness (QED) is 0.842. The van der Waals surface area contributed by atoms with Gasteiger partial charge in [0.15, 0.2) is 5.79 Å². The van der Waals surface area contributed by atoms with Crippen LogP contribution >= 0.6 is 0 Å². The molecule has 2 aliphatic heterocycles. The molecular formula is C15H25F3N2O3. The second kappa shape index (κ2) is 6.47. The van der Waals surface area contributed by atoms with Gasteiger partial charge in [0.25, 0.3) is 0 Å². The van der Waals surface area contributed by atoms with Crippen LogP contribution in [0.1, 0.15) is 40.0 Å². The zero-order valence-electron chi connectivity index (χ0n) is 13.8. The van der Waals surface area contributed by atoms with E-state index in [9.17, 15) is 18.0 Å². The number of hydrogen-bond donors (Lipinski definition) is 1. The summed E-state index contributed by atoms with van der Waals surface area (Å²) in [5.74, 6) is -0.840. The Hall–Kier alpha value is -1.02. The standard InChI is InChI=1S/C15H25F3N2O3/c1-13(2,3)9-11(15(16,17)18)19-12(21)20-6-4-5-14(10-20)22-7-8-23-14/h11H,4-10H2,1-3H3,(H,19,21)/t11-/m1/s1. The molecule has 2 fully saturated rings. The van der Waals surface area contributed by atoms with Gasteiger partial charge < -0.3 is 19.7 Å². The molecule has 1 spiro atoms. The zero-order valence-corrected chi connectivity index (χ0v) is 13.8. The summed E-state index contributed by atoms with van der Waals surface area (Å²) in [5, 5.41) is 2.14. The number of rotatable bonds is 2. The summed E-state index contributed by atoms with van der Waals surface area (Å²) in [5.41, 5.74) is -0.547. The molecule has 1 atom stereocenters. The van der Waals surface area contributed by atoms with E-state index in [0.29, 0.717) is 32.6 Å². The van der Waals surface area contributed by atoms with Crippen LogP contribution in [0, 0.1) is 5.41 Å². The molecule has 0 aromatic rings. The fraction of sp³-hybridized carbons (Fsp3) is 0.933. The predicted octanol–water partition coefficient (Wildman–Crippen LogP) is 2.90. The summed E-state index contributed by atoms with van der Waals surface area (Å²) in [6.07, 6.45) is -3.35. The number of hydrogen-bond acceptors (Lipinski definition) is 3. The molecule has 5 nitrogen and oxygen atoms in total. The number of ether oxygens (including phenoxy) is 2. The van der Waals surface area contributed by atoms with Crippen molar-refractivity contribution in [2.24, 2.45) is 5.41 Å². The summed E-state index contributed by atoms with van der Waals surface area (Å²) >= 11 is 0. The van der Waals surface area contributed by atoms with Gasteiger partial charge in [-0.15, -0.1) is 0 Å². The summed E-state index contributed by atoms with van der Waals surface area (Å²) in [7, 11) is 0. The van der Waals surface area contributed by atoms with Gasteiger partial charge in [-0.2, -0.15) is 13.2 Å². The first-order valence-corrected chi connectivity index (χ1v) is 7.91. The third-order valence-electron chi connectivity index (χ3n) is 4.03. The molecule has 23 heavy (non-hydrogen) atoms. The fourth-order valence-corrected chi connectivity index (χ4v) is 3.00. The van der Waals surface area contributed by atoms with Crippen molar-refractivity contribution in [2.45, 2.75) is 58.0 Å². The highest BCUT2D eigenvalue weighted by molar-refractivity contribution is 5.74. The highest BCUT2D eigenvalue weighted by atomic mass is 19.4. The van der Waals surface area contributed by atoms with Gasteiger partial charge in [-0.05, 0) is 18.3 Å². The lowest BCUT2D eigenvalue weighted by Gasteiger charge is -2.39. The summed E-state index contributed by atoms with van der Waals surface area (Å²) in [6.45, 7) is 6.62. The summed E-state index contributed by atoms with van der Waals surface area (Å²) in [6, 6.07) is -2.58. The minimum Gasteiger partial charge on any atom is -0.346 e. The maximum atomic E-state index is 13.2. The van der Waals surface area contributed by atoms with E-state index in [1.807, 2.05) is 0 Å². The molecular weight excluding hydrogens is 313 g/mol. The average molecular weight is 338 g/mol.